The summed E-state index contributed by atoms with van der Waals surface area (Å²) in [6, 6.07) is 7.54. The number of benzene rings is 1. The van der Waals surface area contributed by atoms with E-state index in [1.165, 1.54) is 0 Å². The van der Waals surface area contributed by atoms with Crippen LogP contribution in [0.5, 0.6) is 11.5 Å². The van der Waals surface area contributed by atoms with E-state index < -0.39 is 0 Å². The van der Waals surface area contributed by atoms with Crippen molar-refractivity contribution in [2.24, 2.45) is 0 Å². The SMILES string of the molecule is CCOC(=O)N1CCN(c2cc(N)n3nc(C)c(-c4ccc(OC)c(OC)c4)c3n2)CC1. The Kier molecular flexibility index (Phi) is 5.93. The zero-order chi connectivity index (χ0) is 22.8. The van der Waals surface area contributed by atoms with Crippen LogP contribution in [0.1, 0.15) is 12.6 Å². The smallest absolute Gasteiger partial charge is 0.409 e. The minimum absolute atomic E-state index is 0.280. The van der Waals surface area contributed by atoms with Crippen molar-refractivity contribution in [3.8, 4) is 22.6 Å². The van der Waals surface area contributed by atoms with Gasteiger partial charge in [-0.15, -0.1) is 0 Å². The van der Waals surface area contributed by atoms with Gasteiger partial charge in [-0.25, -0.2) is 9.78 Å². The number of piperazine rings is 1. The zero-order valence-corrected chi connectivity index (χ0v) is 18.8. The number of carbonyl (C=O) groups excluding carboxylic acids is 1. The van der Waals surface area contributed by atoms with E-state index in [-0.39, 0.29) is 6.09 Å². The first-order valence-electron chi connectivity index (χ1n) is 10.5. The molecule has 0 saturated carbocycles. The van der Waals surface area contributed by atoms with Crippen LogP contribution in [0, 0.1) is 6.92 Å². The van der Waals surface area contributed by atoms with Gasteiger partial charge >= 0.3 is 6.09 Å². The molecule has 4 rings (SSSR count). The number of aryl methyl sites for hydroxylation is 1. The van der Waals surface area contributed by atoms with Gasteiger partial charge < -0.3 is 29.7 Å². The maximum atomic E-state index is 12.0. The lowest BCUT2D eigenvalue weighted by molar-refractivity contribution is 0.105. The largest absolute Gasteiger partial charge is 0.493 e. The summed E-state index contributed by atoms with van der Waals surface area (Å²) >= 11 is 0. The lowest BCUT2D eigenvalue weighted by Gasteiger charge is -2.34. The van der Waals surface area contributed by atoms with Crippen LogP contribution in [-0.4, -0.2) is 72.6 Å². The number of hydrogen-bond acceptors (Lipinski definition) is 8. The third kappa shape index (κ3) is 3.83. The molecule has 1 aliphatic heterocycles. The zero-order valence-electron chi connectivity index (χ0n) is 18.8. The first-order valence-corrected chi connectivity index (χ1v) is 10.5. The van der Waals surface area contributed by atoms with Crippen LogP contribution in [0.25, 0.3) is 16.8 Å². The summed E-state index contributed by atoms with van der Waals surface area (Å²) in [5.41, 5.74) is 9.60. The standard InChI is InChI=1S/C22H28N6O4/c1-5-32-22(29)27-10-8-26(9-11-27)19-13-18(23)28-21(24-19)20(14(2)25-28)15-6-7-16(30-3)17(12-15)31-4/h6-7,12-13H,5,8-11,23H2,1-4H3. The number of nitrogen functional groups attached to an aromatic ring is 1. The van der Waals surface area contributed by atoms with Gasteiger partial charge in [-0.1, -0.05) is 6.07 Å². The molecular formula is C22H28N6O4. The van der Waals surface area contributed by atoms with Gasteiger partial charge in [0.15, 0.2) is 17.1 Å². The Bertz CT molecular complexity index is 1140. The van der Waals surface area contributed by atoms with Crippen molar-refractivity contribution in [2.45, 2.75) is 13.8 Å². The highest BCUT2D eigenvalue weighted by atomic mass is 16.6. The predicted octanol–water partition coefficient (Wildman–Crippen LogP) is 2.58. The lowest BCUT2D eigenvalue weighted by Crippen LogP contribution is -2.49. The molecule has 3 aromatic rings. The molecule has 1 aromatic carbocycles. The Morgan fingerprint density at radius 2 is 1.81 bits per heavy atom. The van der Waals surface area contributed by atoms with Crippen LogP contribution in [-0.2, 0) is 4.74 Å². The van der Waals surface area contributed by atoms with Gasteiger partial charge in [0.05, 0.1) is 26.5 Å². The fourth-order valence-corrected chi connectivity index (χ4v) is 3.96. The second kappa shape index (κ2) is 8.81. The number of hydrogen-bond donors (Lipinski definition) is 1. The Labute approximate surface area is 186 Å². The fraction of sp³-hybridized carbons (Fsp3) is 0.409. The van der Waals surface area contributed by atoms with Gasteiger partial charge in [-0.2, -0.15) is 9.61 Å². The Balaban J connectivity index is 1.69. The van der Waals surface area contributed by atoms with E-state index in [1.54, 1.807) is 30.6 Å². The molecule has 0 unspecified atom stereocenters. The van der Waals surface area contributed by atoms with Crippen molar-refractivity contribution < 1.29 is 19.0 Å². The van der Waals surface area contributed by atoms with Crippen molar-refractivity contribution >= 4 is 23.4 Å². The lowest BCUT2D eigenvalue weighted by atomic mass is 10.1. The van der Waals surface area contributed by atoms with Gasteiger partial charge in [0.2, 0.25) is 0 Å². The van der Waals surface area contributed by atoms with Gasteiger partial charge in [-0.3, -0.25) is 0 Å². The topological polar surface area (TPSA) is 107 Å². The number of fused-ring (bicyclic) bond motifs is 1. The monoisotopic (exact) mass is 440 g/mol. The third-order valence-electron chi connectivity index (χ3n) is 5.58. The molecule has 2 aromatic heterocycles. The molecule has 1 aliphatic rings. The number of methoxy groups -OCH3 is 2. The number of rotatable bonds is 5. The summed E-state index contributed by atoms with van der Waals surface area (Å²) < 4.78 is 17.6. The van der Waals surface area contributed by atoms with Crippen molar-refractivity contribution in [3.05, 3.63) is 30.0 Å². The van der Waals surface area contributed by atoms with Crippen LogP contribution in [0.3, 0.4) is 0 Å². The summed E-state index contributed by atoms with van der Waals surface area (Å²) in [5.74, 6) is 2.52. The average molecular weight is 441 g/mol. The molecule has 10 nitrogen and oxygen atoms in total. The normalized spacial score (nSPS) is 14.0. The second-order valence-electron chi connectivity index (χ2n) is 7.48. The van der Waals surface area contributed by atoms with Crippen LogP contribution in [0.4, 0.5) is 16.4 Å². The van der Waals surface area contributed by atoms with E-state index in [4.69, 9.17) is 24.9 Å². The molecule has 1 amide bonds. The molecule has 0 bridgehead atoms. The summed E-state index contributed by atoms with van der Waals surface area (Å²) in [6.45, 7) is 6.50. The van der Waals surface area contributed by atoms with E-state index in [0.717, 1.165) is 22.6 Å². The Morgan fingerprint density at radius 3 is 2.47 bits per heavy atom. The molecule has 1 saturated heterocycles. The van der Waals surface area contributed by atoms with Crippen LogP contribution < -0.4 is 20.1 Å². The van der Waals surface area contributed by atoms with E-state index in [1.807, 2.05) is 31.2 Å². The summed E-state index contributed by atoms with van der Waals surface area (Å²) in [5, 5.41) is 4.60. The first-order chi connectivity index (χ1) is 15.5. The number of ether oxygens (including phenoxy) is 3. The maximum absolute atomic E-state index is 12.0. The minimum Gasteiger partial charge on any atom is -0.493 e. The van der Waals surface area contributed by atoms with Gasteiger partial charge in [-0.05, 0) is 31.5 Å². The Hall–Kier alpha value is -3.69. The number of amides is 1. The van der Waals surface area contributed by atoms with Crippen LogP contribution in [0.15, 0.2) is 24.3 Å². The van der Waals surface area contributed by atoms with Gasteiger partial charge in [0.25, 0.3) is 0 Å². The Morgan fingerprint density at radius 1 is 1.09 bits per heavy atom. The van der Waals surface area contributed by atoms with Crippen LogP contribution >= 0.6 is 0 Å². The first kappa shape index (κ1) is 21.5. The molecule has 32 heavy (non-hydrogen) atoms. The minimum atomic E-state index is -0.280. The summed E-state index contributed by atoms with van der Waals surface area (Å²) in [4.78, 5) is 20.7. The number of carbonyl (C=O) groups is 1. The molecule has 2 N–H and O–H groups in total. The average Bonchev–Trinajstić information content (AvgIpc) is 3.15. The number of anilines is 2. The van der Waals surface area contributed by atoms with E-state index in [9.17, 15) is 4.79 Å². The van der Waals surface area contributed by atoms with Gasteiger partial charge in [0, 0.05) is 37.8 Å². The van der Waals surface area contributed by atoms with E-state index in [0.29, 0.717) is 55.7 Å². The number of nitrogens with zero attached hydrogens (tertiary/aromatic N) is 5. The molecule has 10 heteroatoms. The van der Waals surface area contributed by atoms with Gasteiger partial charge in [0.1, 0.15) is 11.6 Å². The van der Waals surface area contributed by atoms with E-state index in [2.05, 4.69) is 10.00 Å². The highest BCUT2D eigenvalue weighted by molar-refractivity contribution is 5.83. The van der Waals surface area contributed by atoms with E-state index >= 15 is 0 Å². The molecular weight excluding hydrogens is 412 g/mol. The summed E-state index contributed by atoms with van der Waals surface area (Å²) in [6.07, 6.45) is -0.280. The fourth-order valence-electron chi connectivity index (χ4n) is 3.96. The molecule has 170 valence electrons. The molecule has 0 atom stereocenters. The predicted molar refractivity (Wildman–Crippen MR) is 121 cm³/mol. The van der Waals surface area contributed by atoms with Crippen molar-refractivity contribution in [1.29, 1.82) is 0 Å². The third-order valence-corrected chi connectivity index (χ3v) is 5.58. The second-order valence-corrected chi connectivity index (χ2v) is 7.48. The maximum Gasteiger partial charge on any atom is 0.409 e. The van der Waals surface area contributed by atoms with Crippen molar-refractivity contribution in [1.82, 2.24) is 19.5 Å². The van der Waals surface area contributed by atoms with Crippen LogP contribution in [0.2, 0.25) is 0 Å². The molecule has 1 fully saturated rings. The molecule has 3 heterocycles. The quantitative estimate of drug-likeness (QED) is 0.645. The number of aromatic nitrogens is 3. The highest BCUT2D eigenvalue weighted by Crippen LogP contribution is 2.36. The molecule has 0 radical (unpaired) electrons. The molecule has 0 spiro atoms. The summed E-state index contributed by atoms with van der Waals surface area (Å²) in [7, 11) is 3.21. The number of nitrogens with two attached hydrogens (primary N) is 1. The van der Waals surface area contributed by atoms with Crippen molar-refractivity contribution in [3.63, 3.8) is 0 Å². The van der Waals surface area contributed by atoms with Crippen molar-refractivity contribution in [2.75, 3.05) is 57.6 Å². The highest BCUT2D eigenvalue weighted by Gasteiger charge is 2.24. The molecule has 0 aliphatic carbocycles.